The van der Waals surface area contributed by atoms with Crippen molar-refractivity contribution in [2.24, 2.45) is 0 Å². The number of fused-ring (bicyclic) bond motifs is 1. The molecular formula is C19H16N4O. The molecule has 0 fully saturated rings. The second kappa shape index (κ2) is 5.77. The van der Waals surface area contributed by atoms with Crippen LogP contribution in [-0.2, 0) is 6.42 Å². The minimum Gasteiger partial charge on any atom is -0.304 e. The first-order valence-corrected chi connectivity index (χ1v) is 7.80. The fraction of sp³-hybridized carbons (Fsp3) is 0.105. The molecule has 118 valence electrons. The number of hydrogen-bond donors (Lipinski definition) is 1. The Morgan fingerprint density at radius 1 is 1.00 bits per heavy atom. The number of H-pyrrole nitrogens is 1. The monoisotopic (exact) mass is 316 g/mol. The Morgan fingerprint density at radius 3 is 2.38 bits per heavy atom. The number of rotatable bonds is 3. The zero-order valence-corrected chi connectivity index (χ0v) is 13.2. The maximum Gasteiger partial charge on any atom is 0.271 e. The minimum absolute atomic E-state index is 0.177. The smallest absolute Gasteiger partial charge is 0.271 e. The van der Waals surface area contributed by atoms with Gasteiger partial charge in [-0.1, -0.05) is 48.5 Å². The van der Waals surface area contributed by atoms with Gasteiger partial charge in [-0.25, -0.2) is 9.67 Å². The summed E-state index contributed by atoms with van der Waals surface area (Å²) in [5.74, 6) is 0. The summed E-state index contributed by atoms with van der Waals surface area (Å²) in [7, 11) is 0. The lowest BCUT2D eigenvalue weighted by Crippen LogP contribution is -2.16. The Morgan fingerprint density at radius 2 is 1.67 bits per heavy atom. The van der Waals surface area contributed by atoms with Crippen molar-refractivity contribution in [1.82, 2.24) is 19.7 Å². The first-order valence-electron chi connectivity index (χ1n) is 7.80. The molecule has 0 aliphatic heterocycles. The summed E-state index contributed by atoms with van der Waals surface area (Å²) in [5, 5.41) is 4.53. The van der Waals surface area contributed by atoms with Gasteiger partial charge in [0.15, 0.2) is 5.65 Å². The SMILES string of the molecule is Cc1nn(-c2ccccc2)c2[nH]c(=O)c(Cc3ccccc3)nc12. The Balaban J connectivity index is 1.85. The predicted octanol–water partition coefficient (Wildman–Crippen LogP) is 3.01. The summed E-state index contributed by atoms with van der Waals surface area (Å²) in [6.45, 7) is 1.90. The van der Waals surface area contributed by atoms with Gasteiger partial charge in [0.1, 0.15) is 11.2 Å². The number of nitrogens with one attached hydrogen (secondary N) is 1. The van der Waals surface area contributed by atoms with Gasteiger partial charge >= 0.3 is 0 Å². The maximum atomic E-state index is 12.5. The van der Waals surface area contributed by atoms with E-state index < -0.39 is 0 Å². The molecule has 0 amide bonds. The first-order chi connectivity index (χ1) is 11.7. The van der Waals surface area contributed by atoms with E-state index in [4.69, 9.17) is 0 Å². The molecule has 4 aromatic rings. The van der Waals surface area contributed by atoms with Crippen molar-refractivity contribution < 1.29 is 0 Å². The average Bonchev–Trinajstić information content (AvgIpc) is 2.93. The van der Waals surface area contributed by atoms with E-state index in [1.807, 2.05) is 67.6 Å². The number of hydrogen-bond acceptors (Lipinski definition) is 3. The first kappa shape index (κ1) is 14.4. The predicted molar refractivity (Wildman–Crippen MR) is 93.5 cm³/mol. The van der Waals surface area contributed by atoms with Crippen LogP contribution in [0.4, 0.5) is 0 Å². The molecule has 0 spiro atoms. The van der Waals surface area contributed by atoms with Gasteiger partial charge in [0, 0.05) is 6.42 Å². The fourth-order valence-electron chi connectivity index (χ4n) is 2.80. The second-order valence-corrected chi connectivity index (χ2v) is 5.70. The molecule has 0 bridgehead atoms. The van der Waals surface area contributed by atoms with Gasteiger partial charge in [0.05, 0.1) is 11.4 Å². The number of aromatic amines is 1. The molecule has 0 unspecified atom stereocenters. The number of para-hydroxylation sites is 1. The summed E-state index contributed by atoms with van der Waals surface area (Å²) < 4.78 is 1.73. The van der Waals surface area contributed by atoms with Crippen molar-refractivity contribution in [3.8, 4) is 5.69 Å². The van der Waals surface area contributed by atoms with E-state index >= 15 is 0 Å². The lowest BCUT2D eigenvalue weighted by Gasteiger charge is -2.04. The average molecular weight is 316 g/mol. The van der Waals surface area contributed by atoms with Crippen molar-refractivity contribution >= 4 is 11.2 Å². The standard InChI is InChI=1S/C19H16N4O/c1-13-17-18(23(22-13)15-10-6-3-7-11-15)21-19(24)16(20-17)12-14-8-4-2-5-9-14/h2-11H,12H2,1H3,(H,21,24). The van der Waals surface area contributed by atoms with Crippen molar-refractivity contribution in [3.05, 3.63) is 88.0 Å². The summed E-state index contributed by atoms with van der Waals surface area (Å²) >= 11 is 0. The van der Waals surface area contributed by atoms with Gasteiger partial charge in [0.25, 0.3) is 5.56 Å². The zero-order valence-electron chi connectivity index (χ0n) is 13.2. The van der Waals surface area contributed by atoms with Gasteiger partial charge in [-0.3, -0.25) is 4.79 Å². The van der Waals surface area contributed by atoms with Gasteiger partial charge in [-0.05, 0) is 24.6 Å². The minimum atomic E-state index is -0.177. The quantitative estimate of drug-likeness (QED) is 0.632. The molecule has 0 saturated heterocycles. The number of benzene rings is 2. The highest BCUT2D eigenvalue weighted by atomic mass is 16.1. The van der Waals surface area contributed by atoms with E-state index in [-0.39, 0.29) is 5.56 Å². The van der Waals surface area contributed by atoms with Crippen molar-refractivity contribution in [2.45, 2.75) is 13.3 Å². The molecule has 0 radical (unpaired) electrons. The molecule has 0 aliphatic carbocycles. The third-order valence-electron chi connectivity index (χ3n) is 3.98. The Labute approximate surface area is 138 Å². The van der Waals surface area contributed by atoms with Crippen LogP contribution in [0.3, 0.4) is 0 Å². The molecule has 0 aliphatic rings. The maximum absolute atomic E-state index is 12.5. The lowest BCUT2D eigenvalue weighted by atomic mass is 10.1. The lowest BCUT2D eigenvalue weighted by molar-refractivity contribution is 0.874. The second-order valence-electron chi connectivity index (χ2n) is 5.70. The van der Waals surface area contributed by atoms with Gasteiger partial charge < -0.3 is 4.98 Å². The van der Waals surface area contributed by atoms with Crippen LogP contribution in [0.15, 0.2) is 65.5 Å². The van der Waals surface area contributed by atoms with E-state index in [0.29, 0.717) is 17.8 Å². The highest BCUT2D eigenvalue weighted by Crippen LogP contribution is 2.18. The molecule has 24 heavy (non-hydrogen) atoms. The van der Waals surface area contributed by atoms with Crippen LogP contribution in [-0.4, -0.2) is 19.7 Å². The van der Waals surface area contributed by atoms with Crippen LogP contribution in [0.1, 0.15) is 17.0 Å². The summed E-state index contributed by atoms with van der Waals surface area (Å²) in [6, 6.07) is 19.6. The third kappa shape index (κ3) is 2.50. The fourth-order valence-corrected chi connectivity index (χ4v) is 2.80. The topological polar surface area (TPSA) is 63.6 Å². The normalized spacial score (nSPS) is 11.0. The summed E-state index contributed by atoms with van der Waals surface area (Å²) in [5.41, 5.74) is 4.42. The largest absolute Gasteiger partial charge is 0.304 e. The molecule has 0 atom stereocenters. The van der Waals surface area contributed by atoms with Gasteiger partial charge in [-0.2, -0.15) is 5.10 Å². The third-order valence-corrected chi connectivity index (χ3v) is 3.98. The van der Waals surface area contributed by atoms with E-state index in [9.17, 15) is 4.79 Å². The molecular weight excluding hydrogens is 300 g/mol. The molecule has 2 aromatic heterocycles. The van der Waals surface area contributed by atoms with E-state index in [0.717, 1.165) is 22.5 Å². The van der Waals surface area contributed by atoms with Crippen LogP contribution in [0.25, 0.3) is 16.9 Å². The van der Waals surface area contributed by atoms with Crippen LogP contribution in [0, 0.1) is 6.92 Å². The van der Waals surface area contributed by atoms with Gasteiger partial charge in [0.2, 0.25) is 0 Å². The molecule has 4 rings (SSSR count). The highest BCUT2D eigenvalue weighted by molar-refractivity contribution is 5.75. The number of aryl methyl sites for hydroxylation is 1. The summed E-state index contributed by atoms with van der Waals surface area (Å²) in [4.78, 5) is 20.0. The van der Waals surface area contributed by atoms with Crippen LogP contribution in [0.2, 0.25) is 0 Å². The van der Waals surface area contributed by atoms with E-state index in [1.165, 1.54) is 0 Å². The van der Waals surface area contributed by atoms with Crippen molar-refractivity contribution in [3.63, 3.8) is 0 Å². The van der Waals surface area contributed by atoms with Gasteiger partial charge in [-0.15, -0.1) is 0 Å². The van der Waals surface area contributed by atoms with Crippen molar-refractivity contribution in [2.75, 3.05) is 0 Å². The van der Waals surface area contributed by atoms with Crippen molar-refractivity contribution in [1.29, 1.82) is 0 Å². The molecule has 2 heterocycles. The highest BCUT2D eigenvalue weighted by Gasteiger charge is 2.14. The van der Waals surface area contributed by atoms with E-state index in [1.54, 1.807) is 4.68 Å². The molecule has 1 N–H and O–H groups in total. The Bertz CT molecular complexity index is 1050. The van der Waals surface area contributed by atoms with Crippen LogP contribution < -0.4 is 5.56 Å². The molecule has 5 heteroatoms. The zero-order chi connectivity index (χ0) is 16.5. The number of aromatic nitrogens is 4. The molecule has 2 aromatic carbocycles. The van der Waals surface area contributed by atoms with Crippen LogP contribution in [0.5, 0.6) is 0 Å². The number of nitrogens with zero attached hydrogens (tertiary/aromatic N) is 3. The Hall–Kier alpha value is -3.21. The molecule has 0 saturated carbocycles. The van der Waals surface area contributed by atoms with Crippen LogP contribution >= 0.6 is 0 Å². The molecule has 5 nitrogen and oxygen atoms in total. The summed E-state index contributed by atoms with van der Waals surface area (Å²) in [6.07, 6.45) is 0.502. The van der Waals surface area contributed by atoms with E-state index in [2.05, 4.69) is 15.1 Å². The Kier molecular flexibility index (Phi) is 3.46.